The SMILES string of the molecule is CC(F)(CCC(=O)c1nccnc1C(F)(F)F)c1ccc(-c2cncc(F)c2)cc1Cl. The average Bonchev–Trinajstić information content (AvgIpc) is 2.71. The van der Waals surface area contributed by atoms with Crippen molar-refractivity contribution in [1.82, 2.24) is 15.0 Å². The summed E-state index contributed by atoms with van der Waals surface area (Å²) in [7, 11) is 0. The zero-order valence-corrected chi connectivity index (χ0v) is 16.8. The molecular weight excluding hydrogens is 441 g/mol. The van der Waals surface area contributed by atoms with Gasteiger partial charge in [0.05, 0.1) is 6.20 Å². The molecule has 0 saturated heterocycles. The number of nitrogens with zero attached hydrogens (tertiary/aromatic N) is 3. The fraction of sp³-hybridized carbons (Fsp3) is 0.238. The number of ketones is 1. The van der Waals surface area contributed by atoms with Crippen LogP contribution >= 0.6 is 11.6 Å². The number of carbonyl (C=O) groups excluding carboxylic acids is 1. The Bertz CT molecular complexity index is 1120. The van der Waals surface area contributed by atoms with E-state index in [2.05, 4.69) is 15.0 Å². The van der Waals surface area contributed by atoms with Crippen molar-refractivity contribution in [3.63, 3.8) is 0 Å². The fourth-order valence-electron chi connectivity index (χ4n) is 3.04. The van der Waals surface area contributed by atoms with Gasteiger partial charge in [-0.1, -0.05) is 23.7 Å². The van der Waals surface area contributed by atoms with Crippen molar-refractivity contribution in [1.29, 1.82) is 0 Å². The maximum Gasteiger partial charge on any atom is 0.435 e. The smallest absolute Gasteiger partial charge is 0.292 e. The predicted molar refractivity (Wildman–Crippen MR) is 104 cm³/mol. The first-order valence-corrected chi connectivity index (χ1v) is 9.38. The van der Waals surface area contributed by atoms with Gasteiger partial charge >= 0.3 is 6.18 Å². The van der Waals surface area contributed by atoms with E-state index in [1.54, 1.807) is 0 Å². The van der Waals surface area contributed by atoms with Crippen molar-refractivity contribution in [2.24, 2.45) is 0 Å². The Labute approximate surface area is 179 Å². The minimum Gasteiger partial charge on any atom is -0.292 e. The van der Waals surface area contributed by atoms with E-state index < -0.39 is 47.7 Å². The summed E-state index contributed by atoms with van der Waals surface area (Å²) in [5.41, 5.74) is -3.40. The van der Waals surface area contributed by atoms with Gasteiger partial charge in [0.25, 0.3) is 0 Å². The van der Waals surface area contributed by atoms with Crippen molar-refractivity contribution in [2.75, 3.05) is 0 Å². The number of carbonyl (C=O) groups is 1. The van der Waals surface area contributed by atoms with E-state index in [9.17, 15) is 22.4 Å². The lowest BCUT2D eigenvalue weighted by atomic mass is 9.90. The molecule has 0 N–H and O–H groups in total. The molecule has 10 heteroatoms. The molecule has 0 amide bonds. The van der Waals surface area contributed by atoms with Gasteiger partial charge < -0.3 is 0 Å². The second-order valence-corrected chi connectivity index (χ2v) is 7.37. The first-order chi connectivity index (χ1) is 14.5. The topological polar surface area (TPSA) is 55.7 Å². The molecule has 0 aliphatic rings. The summed E-state index contributed by atoms with van der Waals surface area (Å²) in [5, 5.41) is 0.0229. The van der Waals surface area contributed by atoms with E-state index in [0.29, 0.717) is 11.1 Å². The van der Waals surface area contributed by atoms with Crippen LogP contribution in [-0.2, 0) is 11.8 Å². The highest BCUT2D eigenvalue weighted by Crippen LogP contribution is 2.38. The zero-order valence-electron chi connectivity index (χ0n) is 16.1. The van der Waals surface area contributed by atoms with E-state index in [-0.39, 0.29) is 10.6 Å². The minimum absolute atomic E-state index is 0.0229. The summed E-state index contributed by atoms with van der Waals surface area (Å²) in [5.74, 6) is -1.53. The number of rotatable bonds is 6. The van der Waals surface area contributed by atoms with Crippen LogP contribution in [0.25, 0.3) is 11.1 Å². The van der Waals surface area contributed by atoms with E-state index in [0.717, 1.165) is 18.6 Å². The van der Waals surface area contributed by atoms with E-state index in [1.165, 1.54) is 37.4 Å². The highest BCUT2D eigenvalue weighted by atomic mass is 35.5. The first-order valence-electron chi connectivity index (χ1n) is 9.00. The van der Waals surface area contributed by atoms with Crippen LogP contribution in [0, 0.1) is 5.82 Å². The molecule has 162 valence electrons. The van der Waals surface area contributed by atoms with Gasteiger partial charge in [-0.25, -0.2) is 18.7 Å². The third kappa shape index (κ3) is 5.22. The molecule has 4 nitrogen and oxygen atoms in total. The molecule has 0 fully saturated rings. The third-order valence-electron chi connectivity index (χ3n) is 4.62. The second-order valence-electron chi connectivity index (χ2n) is 6.96. The highest BCUT2D eigenvalue weighted by Gasteiger charge is 2.38. The van der Waals surface area contributed by atoms with Gasteiger partial charge in [-0.15, -0.1) is 0 Å². The number of Topliss-reactive ketones (excluding diaryl/α,β-unsaturated/α-hetero) is 1. The molecule has 3 rings (SSSR count). The molecule has 31 heavy (non-hydrogen) atoms. The standard InChI is InChI=1S/C21H15ClF5N3O/c1-20(24,5-4-17(31)18-19(21(25,26)27)30-7-6-29-18)15-3-2-12(9-16(15)22)13-8-14(23)11-28-10-13/h2-3,6-11H,4-5H2,1H3. The molecule has 2 aromatic heterocycles. The number of pyridine rings is 1. The highest BCUT2D eigenvalue weighted by molar-refractivity contribution is 6.31. The number of halogens is 6. The van der Waals surface area contributed by atoms with Crippen LogP contribution in [0.4, 0.5) is 22.0 Å². The third-order valence-corrected chi connectivity index (χ3v) is 4.93. The van der Waals surface area contributed by atoms with Gasteiger partial charge in [0.2, 0.25) is 0 Å². The Kier molecular flexibility index (Phi) is 6.35. The lowest BCUT2D eigenvalue weighted by molar-refractivity contribution is -0.141. The van der Waals surface area contributed by atoms with Gasteiger partial charge in [0.1, 0.15) is 17.2 Å². The quantitative estimate of drug-likeness (QED) is 0.328. The van der Waals surface area contributed by atoms with Gasteiger partial charge in [-0.2, -0.15) is 13.2 Å². The van der Waals surface area contributed by atoms with Crippen LogP contribution in [0.2, 0.25) is 5.02 Å². The van der Waals surface area contributed by atoms with Crippen LogP contribution in [-0.4, -0.2) is 20.7 Å². The van der Waals surface area contributed by atoms with E-state index in [4.69, 9.17) is 11.6 Å². The molecule has 2 heterocycles. The fourth-order valence-corrected chi connectivity index (χ4v) is 3.42. The van der Waals surface area contributed by atoms with Crippen molar-refractivity contribution < 1.29 is 26.7 Å². The summed E-state index contributed by atoms with van der Waals surface area (Å²) in [6.45, 7) is 1.17. The van der Waals surface area contributed by atoms with Crippen LogP contribution in [0.1, 0.15) is 41.5 Å². The second kappa shape index (κ2) is 8.66. The maximum absolute atomic E-state index is 15.3. The van der Waals surface area contributed by atoms with Crippen molar-refractivity contribution in [3.8, 4) is 11.1 Å². The lowest BCUT2D eigenvalue weighted by Gasteiger charge is -2.22. The maximum atomic E-state index is 15.3. The van der Waals surface area contributed by atoms with E-state index >= 15 is 4.39 Å². The zero-order chi connectivity index (χ0) is 22.8. The Morgan fingerprint density at radius 1 is 1.03 bits per heavy atom. The summed E-state index contributed by atoms with van der Waals surface area (Å²) >= 11 is 6.21. The number of benzene rings is 1. The molecule has 0 radical (unpaired) electrons. The molecule has 0 spiro atoms. The van der Waals surface area contributed by atoms with Crippen LogP contribution in [0.15, 0.2) is 49.1 Å². The molecular formula is C21H15ClF5N3O. The molecule has 1 atom stereocenters. The van der Waals surface area contributed by atoms with Crippen LogP contribution in [0.3, 0.4) is 0 Å². The molecule has 1 unspecified atom stereocenters. The number of hydrogen-bond acceptors (Lipinski definition) is 4. The molecule has 1 aromatic carbocycles. The van der Waals surface area contributed by atoms with Gasteiger partial charge in [-0.05, 0) is 31.0 Å². The summed E-state index contributed by atoms with van der Waals surface area (Å²) in [6.07, 6.45) is -1.58. The predicted octanol–water partition coefficient (Wildman–Crippen LogP) is 6.20. The minimum atomic E-state index is -4.86. The molecule has 0 aliphatic carbocycles. The van der Waals surface area contributed by atoms with Crippen molar-refractivity contribution in [2.45, 2.75) is 31.6 Å². The van der Waals surface area contributed by atoms with Gasteiger partial charge in [-0.3, -0.25) is 9.78 Å². The largest absolute Gasteiger partial charge is 0.435 e. The summed E-state index contributed by atoms with van der Waals surface area (Å²) < 4.78 is 67.8. The first kappa shape index (κ1) is 22.7. The number of aromatic nitrogens is 3. The Hall–Kier alpha value is -2.94. The number of hydrogen-bond donors (Lipinski definition) is 0. The van der Waals surface area contributed by atoms with Gasteiger partial charge in [0.15, 0.2) is 11.5 Å². The monoisotopic (exact) mass is 455 g/mol. The van der Waals surface area contributed by atoms with Crippen molar-refractivity contribution in [3.05, 3.63) is 76.8 Å². The molecule has 0 saturated carbocycles. The average molecular weight is 456 g/mol. The Morgan fingerprint density at radius 3 is 2.39 bits per heavy atom. The lowest BCUT2D eigenvalue weighted by Crippen LogP contribution is -2.21. The van der Waals surface area contributed by atoms with E-state index in [1.807, 2.05) is 0 Å². The van der Waals surface area contributed by atoms with Crippen molar-refractivity contribution >= 4 is 17.4 Å². The van der Waals surface area contributed by atoms with Crippen LogP contribution in [0.5, 0.6) is 0 Å². The Balaban J connectivity index is 1.79. The van der Waals surface area contributed by atoms with Crippen LogP contribution < -0.4 is 0 Å². The molecule has 0 aliphatic heterocycles. The normalized spacial score (nSPS) is 13.6. The van der Waals surface area contributed by atoms with Gasteiger partial charge in [0, 0.05) is 41.2 Å². The molecule has 3 aromatic rings. The number of alkyl halides is 4. The summed E-state index contributed by atoms with van der Waals surface area (Å²) in [4.78, 5) is 22.7. The Morgan fingerprint density at radius 2 is 1.74 bits per heavy atom. The molecule has 0 bridgehead atoms. The summed E-state index contributed by atoms with van der Waals surface area (Å²) in [6, 6.07) is 5.57.